The van der Waals surface area contributed by atoms with Crippen LogP contribution in [0.3, 0.4) is 0 Å². The van der Waals surface area contributed by atoms with Crippen molar-refractivity contribution in [1.29, 1.82) is 0 Å². The normalized spacial score (nSPS) is 12.4. The zero-order valence-electron chi connectivity index (χ0n) is 38.0. The molecule has 0 fully saturated rings. The second-order valence-corrected chi connectivity index (χ2v) is 16.0. The van der Waals surface area contributed by atoms with Crippen LogP contribution in [-0.2, 0) is 28.6 Å². The van der Waals surface area contributed by atoms with Crippen molar-refractivity contribution in [3.63, 3.8) is 0 Å². The van der Waals surface area contributed by atoms with Gasteiger partial charge >= 0.3 is 17.9 Å². The van der Waals surface area contributed by atoms with Gasteiger partial charge in [0.25, 0.3) is 0 Å². The molecule has 0 aliphatic rings. The van der Waals surface area contributed by atoms with Gasteiger partial charge in [-0.25, -0.2) is 0 Å². The smallest absolute Gasteiger partial charge is 0.308 e. The number of hydrogen-bond donors (Lipinski definition) is 0. The molecular weight excluding hydrogens is 673 g/mol. The quantitative estimate of drug-likeness (QED) is 0.0359. The first-order valence-corrected chi connectivity index (χ1v) is 23.7. The summed E-state index contributed by atoms with van der Waals surface area (Å²) in [5, 5.41) is 0. The van der Waals surface area contributed by atoms with E-state index in [2.05, 4.69) is 41.5 Å². The maximum absolute atomic E-state index is 11.5. The number of ether oxygens (including phenoxy) is 3. The Bertz CT molecular complexity index is 768. The fourth-order valence-corrected chi connectivity index (χ4v) is 6.31. The molecule has 0 saturated carbocycles. The van der Waals surface area contributed by atoms with Gasteiger partial charge in [-0.1, -0.05) is 216 Å². The second kappa shape index (κ2) is 47.6. The molecule has 0 N–H and O–H groups in total. The van der Waals surface area contributed by atoms with Crippen LogP contribution in [-0.4, -0.2) is 37.7 Å². The molecule has 0 aliphatic carbocycles. The van der Waals surface area contributed by atoms with Gasteiger partial charge in [-0.05, 0) is 38.5 Å². The van der Waals surface area contributed by atoms with Crippen LogP contribution >= 0.6 is 0 Å². The monoisotopic (exact) mass is 769 g/mol. The van der Waals surface area contributed by atoms with Crippen LogP contribution in [0.25, 0.3) is 0 Å². The minimum Gasteiger partial charge on any atom is -0.465 e. The Morgan fingerprint density at radius 2 is 0.481 bits per heavy atom. The van der Waals surface area contributed by atoms with E-state index in [1.54, 1.807) is 0 Å². The minimum atomic E-state index is -0.0159. The van der Waals surface area contributed by atoms with Crippen LogP contribution in [0.15, 0.2) is 0 Å². The number of carbonyl (C=O) groups excluding carboxylic acids is 3. The van der Waals surface area contributed by atoms with Crippen LogP contribution in [0.1, 0.15) is 255 Å². The number of esters is 3. The summed E-state index contributed by atoms with van der Waals surface area (Å²) in [4.78, 5) is 34.5. The molecule has 3 atom stereocenters. The minimum absolute atomic E-state index is 0.0126. The summed E-state index contributed by atoms with van der Waals surface area (Å²) < 4.78 is 15.8. The van der Waals surface area contributed by atoms with Crippen molar-refractivity contribution in [3.8, 4) is 0 Å². The van der Waals surface area contributed by atoms with Gasteiger partial charge in [0.05, 0.1) is 37.6 Å². The predicted octanol–water partition coefficient (Wildman–Crippen LogP) is 15.3. The Kier molecular flexibility index (Phi) is 50.0. The molecule has 0 aromatic carbocycles. The molecule has 0 saturated heterocycles. The van der Waals surface area contributed by atoms with E-state index in [9.17, 15) is 14.4 Å². The largest absolute Gasteiger partial charge is 0.465 e. The molecule has 0 aromatic rings. The molecule has 0 amide bonds. The molecule has 324 valence electrons. The number of rotatable bonds is 36. The van der Waals surface area contributed by atoms with E-state index in [4.69, 9.17) is 14.2 Å². The molecule has 0 bridgehead atoms. The molecule has 0 spiro atoms. The van der Waals surface area contributed by atoms with Crippen molar-refractivity contribution in [2.24, 2.45) is 17.8 Å². The summed E-state index contributed by atoms with van der Waals surface area (Å²) in [6.07, 6.45) is 36.7. The van der Waals surface area contributed by atoms with E-state index >= 15 is 0 Å². The molecular formula is C48H96O6. The van der Waals surface area contributed by atoms with Crippen LogP contribution < -0.4 is 0 Å². The van der Waals surface area contributed by atoms with Crippen molar-refractivity contribution in [2.75, 3.05) is 19.8 Å². The highest BCUT2D eigenvalue weighted by molar-refractivity contribution is 5.72. The molecule has 54 heavy (non-hydrogen) atoms. The van der Waals surface area contributed by atoms with E-state index in [0.717, 1.165) is 57.8 Å². The Hall–Kier alpha value is -1.59. The highest BCUT2D eigenvalue weighted by atomic mass is 16.5. The van der Waals surface area contributed by atoms with Gasteiger partial charge < -0.3 is 14.2 Å². The molecule has 0 heterocycles. The van der Waals surface area contributed by atoms with Crippen LogP contribution in [0.2, 0.25) is 0 Å². The zero-order chi connectivity index (χ0) is 40.9. The fourth-order valence-electron chi connectivity index (χ4n) is 6.31. The molecule has 6 nitrogen and oxygen atoms in total. The SMILES string of the molecule is CCCCCCCCCCCOC(=O)C(C)CCC.CCCCCCCCCCOC(=O)C(C)CCC.CCCCCCCCCOC(=O)C(C)CCC. The summed E-state index contributed by atoms with van der Waals surface area (Å²) in [7, 11) is 0. The number of unbranched alkanes of at least 4 members (excludes halogenated alkanes) is 21. The maximum Gasteiger partial charge on any atom is 0.308 e. The summed E-state index contributed by atoms with van der Waals surface area (Å²) >= 11 is 0. The van der Waals surface area contributed by atoms with Crippen molar-refractivity contribution in [1.82, 2.24) is 0 Å². The summed E-state index contributed by atoms with van der Waals surface area (Å²) in [5.41, 5.74) is 0. The van der Waals surface area contributed by atoms with Crippen molar-refractivity contribution < 1.29 is 28.6 Å². The summed E-state index contributed by atoms with van der Waals surface area (Å²) in [6.45, 7) is 20.7. The average molecular weight is 769 g/mol. The van der Waals surface area contributed by atoms with E-state index < -0.39 is 0 Å². The van der Waals surface area contributed by atoms with Crippen LogP contribution in [0.5, 0.6) is 0 Å². The molecule has 0 aliphatic heterocycles. The van der Waals surface area contributed by atoms with Gasteiger partial charge in [0, 0.05) is 0 Å². The lowest BCUT2D eigenvalue weighted by Crippen LogP contribution is -2.15. The van der Waals surface area contributed by atoms with Gasteiger partial charge in [0.1, 0.15) is 0 Å². The molecule has 0 aromatic heterocycles. The lowest BCUT2D eigenvalue weighted by atomic mass is 10.1. The van der Waals surface area contributed by atoms with Gasteiger partial charge in [-0.2, -0.15) is 0 Å². The van der Waals surface area contributed by atoms with E-state index in [1.807, 2.05) is 20.8 Å². The van der Waals surface area contributed by atoms with Gasteiger partial charge in [-0.15, -0.1) is 0 Å². The lowest BCUT2D eigenvalue weighted by Gasteiger charge is -2.10. The molecule has 0 rings (SSSR count). The highest BCUT2D eigenvalue weighted by Gasteiger charge is 2.14. The first-order chi connectivity index (χ1) is 26.2. The topological polar surface area (TPSA) is 78.9 Å². The molecule has 0 radical (unpaired) electrons. The van der Waals surface area contributed by atoms with Crippen LogP contribution in [0, 0.1) is 17.8 Å². The third-order valence-electron chi connectivity index (χ3n) is 10.1. The lowest BCUT2D eigenvalue weighted by molar-refractivity contribution is -0.149. The van der Waals surface area contributed by atoms with Gasteiger partial charge in [0.2, 0.25) is 0 Å². The highest BCUT2D eigenvalue weighted by Crippen LogP contribution is 2.13. The Balaban J connectivity index is -0.000000724. The standard InChI is InChI=1S/C17H34O2.C16H32O2.C15H30O2/c1-4-6-7-8-9-10-11-12-13-15-19-17(18)16(3)14-5-2;1-4-6-7-8-9-10-11-12-14-18-16(17)15(3)13-5-2;1-4-6-7-8-9-10-11-13-17-15(16)14(3)12-5-2/h16H,4-15H2,1-3H3;15H,4-14H2,1-3H3;14H,4-13H2,1-3H3. The Labute approximate surface area is 338 Å². The third kappa shape index (κ3) is 44.8. The van der Waals surface area contributed by atoms with Crippen molar-refractivity contribution in [2.45, 2.75) is 255 Å². The molecule has 3 unspecified atom stereocenters. The number of carbonyl (C=O) groups is 3. The predicted molar refractivity (Wildman–Crippen MR) is 233 cm³/mol. The Morgan fingerprint density at radius 3 is 0.667 bits per heavy atom. The summed E-state index contributed by atoms with van der Waals surface area (Å²) in [6, 6.07) is 0. The molecule has 6 heteroatoms. The summed E-state index contributed by atoms with van der Waals surface area (Å²) in [5.74, 6) is 0.177. The van der Waals surface area contributed by atoms with E-state index in [-0.39, 0.29) is 35.7 Å². The van der Waals surface area contributed by atoms with E-state index in [1.165, 1.54) is 135 Å². The van der Waals surface area contributed by atoms with E-state index in [0.29, 0.717) is 19.8 Å². The van der Waals surface area contributed by atoms with Crippen molar-refractivity contribution >= 4 is 17.9 Å². The van der Waals surface area contributed by atoms with Crippen molar-refractivity contribution in [3.05, 3.63) is 0 Å². The first kappa shape index (κ1) is 56.7. The fraction of sp³-hybridized carbons (Fsp3) is 0.938. The zero-order valence-corrected chi connectivity index (χ0v) is 38.0. The first-order valence-electron chi connectivity index (χ1n) is 23.7. The average Bonchev–Trinajstić information content (AvgIpc) is 3.16. The van der Waals surface area contributed by atoms with Crippen LogP contribution in [0.4, 0.5) is 0 Å². The maximum atomic E-state index is 11.5. The number of hydrogen-bond acceptors (Lipinski definition) is 6. The van der Waals surface area contributed by atoms with Gasteiger partial charge in [0.15, 0.2) is 0 Å². The second-order valence-electron chi connectivity index (χ2n) is 16.0. The third-order valence-corrected chi connectivity index (χ3v) is 10.1. The van der Waals surface area contributed by atoms with Gasteiger partial charge in [-0.3, -0.25) is 14.4 Å². The Morgan fingerprint density at radius 1 is 0.296 bits per heavy atom.